The molecule has 0 spiro atoms. The minimum Gasteiger partial charge on any atom is -0.208 e. The second kappa shape index (κ2) is 9.80. The summed E-state index contributed by atoms with van der Waals surface area (Å²) in [6.45, 7) is 4.11. The molecule has 0 saturated heterocycles. The molecule has 144 valence electrons. The first-order valence-electron chi connectivity index (χ1n) is 10.1. The Hall–Kier alpha value is -2.24. The zero-order chi connectivity index (χ0) is 19.8. The lowest BCUT2D eigenvalue weighted by Crippen LogP contribution is -2.33. The Kier molecular flexibility index (Phi) is 7.18. The van der Waals surface area contributed by atoms with Gasteiger partial charge in [0.15, 0.2) is 0 Å². The second-order valence-electron chi connectivity index (χ2n) is 7.26. The highest BCUT2D eigenvalue weighted by atomic mass is 31.2. The van der Waals surface area contributed by atoms with Gasteiger partial charge in [0, 0.05) is 0 Å². The Bertz CT molecular complexity index is 789. The lowest BCUT2D eigenvalue weighted by molar-refractivity contribution is 0.615. The average Bonchev–Trinajstić information content (AvgIpc) is 2.77. The summed E-state index contributed by atoms with van der Waals surface area (Å²) in [6.07, 6.45) is 3.40. The highest BCUT2D eigenvalue weighted by Crippen LogP contribution is 2.57. The van der Waals surface area contributed by atoms with Gasteiger partial charge in [-0.15, -0.1) is 0 Å². The van der Waals surface area contributed by atoms with Crippen molar-refractivity contribution in [3.8, 4) is 0 Å². The monoisotopic (exact) mass is 391 g/mol. The van der Waals surface area contributed by atoms with Gasteiger partial charge in [0.05, 0.1) is 0 Å². The van der Waals surface area contributed by atoms with E-state index in [-0.39, 0.29) is 5.83 Å². The van der Waals surface area contributed by atoms with Crippen molar-refractivity contribution >= 4 is 23.2 Å². The normalized spacial score (nSPS) is 12.5. The van der Waals surface area contributed by atoms with E-state index in [4.69, 9.17) is 0 Å². The van der Waals surface area contributed by atoms with Gasteiger partial charge < -0.3 is 0 Å². The molecule has 0 heterocycles. The van der Waals surface area contributed by atoms with E-state index in [0.717, 1.165) is 24.8 Å². The molecule has 0 aliphatic carbocycles. The predicted octanol–water partition coefficient (Wildman–Crippen LogP) is 6.41. The van der Waals surface area contributed by atoms with Crippen molar-refractivity contribution in [2.24, 2.45) is 0 Å². The zero-order valence-corrected chi connectivity index (χ0v) is 17.7. The molecule has 0 bridgehead atoms. The molecule has 0 amide bonds. The highest BCUT2D eigenvalue weighted by molar-refractivity contribution is 7.95. The van der Waals surface area contributed by atoms with E-state index in [0.29, 0.717) is 6.16 Å². The van der Waals surface area contributed by atoms with Crippen molar-refractivity contribution in [1.82, 2.24) is 0 Å². The van der Waals surface area contributed by atoms with E-state index in [1.165, 1.54) is 15.9 Å². The third kappa shape index (κ3) is 4.42. The van der Waals surface area contributed by atoms with Crippen molar-refractivity contribution in [1.29, 1.82) is 0 Å². The lowest BCUT2D eigenvalue weighted by atomic mass is 10.1. The van der Waals surface area contributed by atoms with E-state index in [9.17, 15) is 0 Å². The fraction of sp³-hybridized carbons (Fsp3) is 0.231. The molecule has 3 aromatic rings. The number of hydrogen-bond acceptors (Lipinski definition) is 0. The summed E-state index contributed by atoms with van der Waals surface area (Å²) in [6, 6.07) is 31.5. The quantitative estimate of drug-likeness (QED) is 0.389. The first-order chi connectivity index (χ1) is 13.7. The molecule has 0 atom stereocenters. The van der Waals surface area contributed by atoms with E-state index in [1.807, 2.05) is 25.1 Å². The van der Waals surface area contributed by atoms with Crippen LogP contribution in [0.15, 0.2) is 102 Å². The number of rotatable bonds is 8. The molecular formula is C26H29FP+. The standard InChI is InChI=1S/C26H29FP/c1-3-4-14-22(2)26(27)21-28(23-15-8-5-9-16-23,24-17-10-6-11-18-24)25-19-12-7-13-20-25/h5-13,15-20H,3-4,14,21H2,1-2H3/q+1/b26-22-. The van der Waals surface area contributed by atoms with Crippen LogP contribution in [-0.2, 0) is 0 Å². The van der Waals surface area contributed by atoms with Gasteiger partial charge in [-0.05, 0) is 61.7 Å². The molecule has 0 radical (unpaired) electrons. The molecule has 0 unspecified atom stereocenters. The third-order valence-corrected chi connectivity index (χ3v) is 9.63. The van der Waals surface area contributed by atoms with Gasteiger partial charge >= 0.3 is 0 Å². The fourth-order valence-electron chi connectivity index (χ4n) is 3.69. The molecule has 28 heavy (non-hydrogen) atoms. The summed E-state index contributed by atoms with van der Waals surface area (Å²) in [5, 5.41) is 3.68. The molecule has 0 aromatic heterocycles. The smallest absolute Gasteiger partial charge is 0.137 e. The number of benzene rings is 3. The molecule has 0 aliphatic rings. The van der Waals surface area contributed by atoms with Crippen LogP contribution in [0, 0.1) is 0 Å². The molecule has 0 fully saturated rings. The summed E-state index contributed by atoms with van der Waals surface area (Å²) in [7, 11) is -2.13. The maximum atomic E-state index is 15.6. The molecule has 3 rings (SSSR count). The van der Waals surface area contributed by atoms with Crippen molar-refractivity contribution in [2.75, 3.05) is 6.16 Å². The van der Waals surface area contributed by atoms with E-state index < -0.39 is 7.26 Å². The largest absolute Gasteiger partial charge is 0.208 e. The maximum absolute atomic E-state index is 15.6. The van der Waals surface area contributed by atoms with Gasteiger partial charge in [-0.1, -0.05) is 67.9 Å². The first kappa shape index (κ1) is 20.5. The predicted molar refractivity (Wildman–Crippen MR) is 123 cm³/mol. The summed E-state index contributed by atoms with van der Waals surface area (Å²) in [4.78, 5) is 0. The van der Waals surface area contributed by atoms with Gasteiger partial charge in [-0.25, -0.2) is 4.39 Å². The minimum absolute atomic E-state index is 0.0540. The first-order valence-corrected chi connectivity index (χ1v) is 12.0. The third-order valence-electron chi connectivity index (χ3n) is 5.34. The van der Waals surface area contributed by atoms with Gasteiger partial charge in [0.2, 0.25) is 0 Å². The van der Waals surface area contributed by atoms with Crippen LogP contribution in [0.1, 0.15) is 33.1 Å². The molecule has 0 saturated carbocycles. The summed E-state index contributed by atoms with van der Waals surface area (Å²) in [5.41, 5.74) is 0.897. The summed E-state index contributed by atoms with van der Waals surface area (Å²) in [5.74, 6) is 0.0540. The molecular weight excluding hydrogens is 362 g/mol. The lowest BCUT2D eigenvalue weighted by Gasteiger charge is -2.27. The van der Waals surface area contributed by atoms with Crippen LogP contribution in [0.25, 0.3) is 0 Å². The van der Waals surface area contributed by atoms with E-state index in [2.05, 4.69) is 79.7 Å². The van der Waals surface area contributed by atoms with Gasteiger partial charge in [0.25, 0.3) is 0 Å². The van der Waals surface area contributed by atoms with Crippen LogP contribution in [0.5, 0.6) is 0 Å². The van der Waals surface area contributed by atoms with Crippen molar-refractivity contribution in [3.63, 3.8) is 0 Å². The van der Waals surface area contributed by atoms with Crippen LogP contribution < -0.4 is 15.9 Å². The van der Waals surface area contributed by atoms with Crippen LogP contribution in [0.3, 0.4) is 0 Å². The maximum Gasteiger partial charge on any atom is 0.137 e. The van der Waals surface area contributed by atoms with Gasteiger partial charge in [0.1, 0.15) is 35.2 Å². The number of halogens is 1. The van der Waals surface area contributed by atoms with Crippen LogP contribution in [-0.4, -0.2) is 6.16 Å². The second-order valence-corrected chi connectivity index (χ2v) is 10.7. The Labute approximate surface area is 169 Å². The van der Waals surface area contributed by atoms with Crippen LogP contribution >= 0.6 is 7.26 Å². The van der Waals surface area contributed by atoms with Crippen LogP contribution in [0.2, 0.25) is 0 Å². The summed E-state index contributed by atoms with van der Waals surface area (Å²) >= 11 is 0. The molecule has 0 aliphatic heterocycles. The number of allylic oxidation sites excluding steroid dienone is 2. The minimum atomic E-state index is -2.13. The van der Waals surface area contributed by atoms with Crippen molar-refractivity contribution < 1.29 is 4.39 Å². The molecule has 0 nitrogen and oxygen atoms in total. The Morgan fingerprint density at radius 1 is 0.714 bits per heavy atom. The highest BCUT2D eigenvalue weighted by Gasteiger charge is 2.46. The Morgan fingerprint density at radius 3 is 1.46 bits per heavy atom. The Morgan fingerprint density at radius 2 is 1.11 bits per heavy atom. The SMILES string of the molecule is CCCC/C(C)=C(\F)C[P+](c1ccccc1)(c1ccccc1)c1ccccc1. The van der Waals surface area contributed by atoms with E-state index >= 15 is 4.39 Å². The number of unbranched alkanes of at least 4 members (excludes halogenated alkanes) is 1. The van der Waals surface area contributed by atoms with Gasteiger partial charge in [-0.3, -0.25) is 0 Å². The van der Waals surface area contributed by atoms with E-state index in [1.54, 1.807) is 0 Å². The number of hydrogen-bond donors (Lipinski definition) is 0. The molecule has 3 aromatic carbocycles. The van der Waals surface area contributed by atoms with Crippen molar-refractivity contribution in [2.45, 2.75) is 33.1 Å². The summed E-state index contributed by atoms with van der Waals surface area (Å²) < 4.78 is 15.6. The zero-order valence-electron chi connectivity index (χ0n) is 16.8. The van der Waals surface area contributed by atoms with Crippen molar-refractivity contribution in [3.05, 3.63) is 102 Å². The van der Waals surface area contributed by atoms with Gasteiger partial charge in [-0.2, -0.15) is 0 Å². The average molecular weight is 391 g/mol. The molecule has 2 heteroatoms. The fourth-order valence-corrected chi connectivity index (χ4v) is 7.86. The molecule has 0 N–H and O–H groups in total. The topological polar surface area (TPSA) is 0 Å². The Balaban J connectivity index is 2.23. The van der Waals surface area contributed by atoms with Crippen LogP contribution in [0.4, 0.5) is 4.39 Å².